The standard InChI is InChI=1S/C19H16N2O4S/c20-19(22)18-12-21(16-7-3-4-8-17(16)25-18)26(23,24)15-10-9-13-5-1-2-6-14(13)11-15/h1-11,18H,12H2,(H2,20,22)/t18-/m0/s1. The second-order valence-corrected chi connectivity index (χ2v) is 7.88. The van der Waals surface area contributed by atoms with Crippen molar-refractivity contribution >= 4 is 32.4 Å². The van der Waals surface area contributed by atoms with E-state index >= 15 is 0 Å². The fraction of sp³-hybridized carbons (Fsp3) is 0.105. The van der Waals surface area contributed by atoms with Crippen LogP contribution in [0.2, 0.25) is 0 Å². The van der Waals surface area contributed by atoms with Gasteiger partial charge in [0, 0.05) is 0 Å². The maximum Gasteiger partial charge on any atom is 0.264 e. The Kier molecular flexibility index (Phi) is 3.81. The number of carbonyl (C=O) groups is 1. The van der Waals surface area contributed by atoms with Crippen molar-refractivity contribution < 1.29 is 17.9 Å². The molecule has 1 aliphatic rings. The Labute approximate surface area is 150 Å². The van der Waals surface area contributed by atoms with E-state index in [1.54, 1.807) is 42.5 Å². The van der Waals surface area contributed by atoms with Gasteiger partial charge in [-0.3, -0.25) is 9.10 Å². The number of hydrogen-bond donors (Lipinski definition) is 1. The summed E-state index contributed by atoms with van der Waals surface area (Å²) in [6.07, 6.45) is -1.04. The molecule has 0 saturated heterocycles. The van der Waals surface area contributed by atoms with Gasteiger partial charge in [0.05, 0.1) is 17.1 Å². The van der Waals surface area contributed by atoms with Gasteiger partial charge in [-0.05, 0) is 35.0 Å². The number of nitrogens with zero attached hydrogens (tertiary/aromatic N) is 1. The average molecular weight is 368 g/mol. The van der Waals surface area contributed by atoms with Crippen LogP contribution in [0.1, 0.15) is 0 Å². The third-order valence-electron chi connectivity index (χ3n) is 4.36. The second kappa shape index (κ2) is 6.03. The molecule has 3 aromatic rings. The number of fused-ring (bicyclic) bond motifs is 2. The molecular formula is C19H16N2O4S. The van der Waals surface area contributed by atoms with Gasteiger partial charge in [0.1, 0.15) is 5.75 Å². The fourth-order valence-electron chi connectivity index (χ4n) is 3.03. The maximum atomic E-state index is 13.3. The molecule has 4 rings (SSSR count). The lowest BCUT2D eigenvalue weighted by Crippen LogP contribution is -2.49. The highest BCUT2D eigenvalue weighted by atomic mass is 32.2. The average Bonchev–Trinajstić information content (AvgIpc) is 2.66. The third kappa shape index (κ3) is 2.66. The summed E-state index contributed by atoms with van der Waals surface area (Å²) in [5.41, 5.74) is 5.74. The molecule has 0 bridgehead atoms. The number of nitrogens with two attached hydrogens (primary N) is 1. The predicted octanol–water partition coefficient (Wildman–Crippen LogP) is 2.28. The van der Waals surface area contributed by atoms with E-state index < -0.39 is 22.0 Å². The van der Waals surface area contributed by atoms with Gasteiger partial charge >= 0.3 is 0 Å². The summed E-state index contributed by atoms with van der Waals surface area (Å²) >= 11 is 0. The van der Waals surface area contributed by atoms with Crippen molar-refractivity contribution in [2.45, 2.75) is 11.0 Å². The Balaban J connectivity index is 1.84. The summed E-state index contributed by atoms with van der Waals surface area (Å²) in [4.78, 5) is 11.8. The molecule has 0 aromatic heterocycles. The van der Waals surface area contributed by atoms with Crippen LogP contribution in [-0.2, 0) is 14.8 Å². The number of para-hydroxylation sites is 2. The van der Waals surface area contributed by atoms with Gasteiger partial charge in [-0.15, -0.1) is 0 Å². The SMILES string of the molecule is NC(=O)[C@@H]1CN(S(=O)(=O)c2ccc3ccccc3c2)c2ccccc2O1. The second-order valence-electron chi connectivity index (χ2n) is 6.02. The molecule has 1 aliphatic heterocycles. The number of benzene rings is 3. The van der Waals surface area contributed by atoms with E-state index in [1.165, 1.54) is 4.31 Å². The molecule has 0 unspecified atom stereocenters. The topological polar surface area (TPSA) is 89.7 Å². The van der Waals surface area contributed by atoms with Crippen molar-refractivity contribution in [3.05, 3.63) is 66.7 Å². The first-order valence-corrected chi connectivity index (χ1v) is 9.47. The zero-order valence-electron chi connectivity index (χ0n) is 13.7. The number of carbonyl (C=O) groups excluding carboxylic acids is 1. The third-order valence-corrected chi connectivity index (χ3v) is 6.14. The molecule has 0 spiro atoms. The molecule has 1 atom stereocenters. The van der Waals surface area contributed by atoms with Crippen molar-refractivity contribution in [1.29, 1.82) is 0 Å². The van der Waals surface area contributed by atoms with Crippen LogP contribution in [0.5, 0.6) is 5.75 Å². The molecule has 3 aromatic carbocycles. The fourth-order valence-corrected chi connectivity index (χ4v) is 4.54. The summed E-state index contributed by atoms with van der Waals surface area (Å²) in [6.45, 7) is -0.165. The zero-order valence-corrected chi connectivity index (χ0v) is 14.5. The summed E-state index contributed by atoms with van der Waals surface area (Å²) in [5.74, 6) is -0.398. The molecule has 1 heterocycles. The Morgan fingerprint density at radius 2 is 1.69 bits per heavy atom. The van der Waals surface area contributed by atoms with E-state index in [0.29, 0.717) is 11.4 Å². The number of primary amides is 1. The summed E-state index contributed by atoms with van der Waals surface area (Å²) in [7, 11) is -3.89. The molecule has 0 radical (unpaired) electrons. The Morgan fingerprint density at radius 1 is 1.00 bits per heavy atom. The van der Waals surface area contributed by atoms with Crippen molar-refractivity contribution in [3.8, 4) is 5.75 Å². The zero-order chi connectivity index (χ0) is 18.3. The molecule has 7 heteroatoms. The molecule has 26 heavy (non-hydrogen) atoms. The molecule has 0 saturated carbocycles. The van der Waals surface area contributed by atoms with Gasteiger partial charge in [-0.2, -0.15) is 0 Å². The minimum atomic E-state index is -3.89. The summed E-state index contributed by atoms with van der Waals surface area (Å²) < 4.78 is 33.3. The number of sulfonamides is 1. The Morgan fingerprint density at radius 3 is 2.46 bits per heavy atom. The van der Waals surface area contributed by atoms with Crippen LogP contribution < -0.4 is 14.8 Å². The van der Waals surface area contributed by atoms with Crippen LogP contribution in [-0.4, -0.2) is 27.0 Å². The first kappa shape index (κ1) is 16.4. The van der Waals surface area contributed by atoms with Gasteiger partial charge in [0.15, 0.2) is 6.10 Å². The number of amides is 1. The lowest BCUT2D eigenvalue weighted by atomic mass is 10.1. The first-order valence-electron chi connectivity index (χ1n) is 8.03. The highest BCUT2D eigenvalue weighted by molar-refractivity contribution is 7.92. The summed E-state index contributed by atoms with van der Waals surface area (Å²) in [6, 6.07) is 19.2. The molecule has 6 nitrogen and oxygen atoms in total. The maximum absolute atomic E-state index is 13.3. The van der Waals surface area contributed by atoms with Crippen LogP contribution >= 0.6 is 0 Å². The van der Waals surface area contributed by atoms with Crippen LogP contribution in [0, 0.1) is 0 Å². The van der Waals surface area contributed by atoms with E-state index in [-0.39, 0.29) is 11.4 Å². The van der Waals surface area contributed by atoms with Gasteiger partial charge in [0.25, 0.3) is 15.9 Å². The van der Waals surface area contributed by atoms with E-state index in [1.807, 2.05) is 24.3 Å². The molecule has 2 N–H and O–H groups in total. The van der Waals surface area contributed by atoms with Gasteiger partial charge < -0.3 is 10.5 Å². The minimum absolute atomic E-state index is 0.149. The monoisotopic (exact) mass is 368 g/mol. The number of rotatable bonds is 3. The smallest absolute Gasteiger partial charge is 0.264 e. The predicted molar refractivity (Wildman–Crippen MR) is 98.5 cm³/mol. The highest BCUT2D eigenvalue weighted by Crippen LogP contribution is 2.37. The largest absolute Gasteiger partial charge is 0.476 e. The van der Waals surface area contributed by atoms with Gasteiger partial charge in [0.2, 0.25) is 0 Å². The number of ether oxygens (including phenoxy) is 1. The Bertz CT molecular complexity index is 1110. The molecular weight excluding hydrogens is 352 g/mol. The summed E-state index contributed by atoms with van der Waals surface area (Å²) in [5, 5.41) is 1.77. The van der Waals surface area contributed by atoms with E-state index in [9.17, 15) is 13.2 Å². The number of anilines is 1. The van der Waals surface area contributed by atoms with Crippen LogP contribution in [0.25, 0.3) is 10.8 Å². The lowest BCUT2D eigenvalue weighted by molar-refractivity contribution is -0.124. The molecule has 0 aliphatic carbocycles. The normalized spacial score (nSPS) is 16.8. The minimum Gasteiger partial charge on any atom is -0.476 e. The van der Waals surface area contributed by atoms with Crippen molar-refractivity contribution in [2.75, 3.05) is 10.8 Å². The van der Waals surface area contributed by atoms with Gasteiger partial charge in [-0.1, -0.05) is 42.5 Å². The van der Waals surface area contributed by atoms with Crippen LogP contribution in [0.3, 0.4) is 0 Å². The molecule has 1 amide bonds. The number of hydrogen-bond acceptors (Lipinski definition) is 4. The van der Waals surface area contributed by atoms with Crippen LogP contribution in [0.4, 0.5) is 5.69 Å². The molecule has 0 fully saturated rings. The van der Waals surface area contributed by atoms with Crippen molar-refractivity contribution in [1.82, 2.24) is 0 Å². The van der Waals surface area contributed by atoms with E-state index in [0.717, 1.165) is 10.8 Å². The van der Waals surface area contributed by atoms with Crippen LogP contribution in [0.15, 0.2) is 71.6 Å². The lowest BCUT2D eigenvalue weighted by Gasteiger charge is -2.34. The van der Waals surface area contributed by atoms with E-state index in [2.05, 4.69) is 0 Å². The Hall–Kier alpha value is -3.06. The van der Waals surface area contributed by atoms with Gasteiger partial charge in [-0.25, -0.2) is 8.42 Å². The van der Waals surface area contributed by atoms with E-state index in [4.69, 9.17) is 10.5 Å². The van der Waals surface area contributed by atoms with Crippen molar-refractivity contribution in [3.63, 3.8) is 0 Å². The molecule has 132 valence electrons. The highest BCUT2D eigenvalue weighted by Gasteiger charge is 2.36. The van der Waals surface area contributed by atoms with Crippen molar-refractivity contribution in [2.24, 2.45) is 5.73 Å². The first-order chi connectivity index (χ1) is 12.5. The quantitative estimate of drug-likeness (QED) is 0.768.